The third-order valence-corrected chi connectivity index (χ3v) is 16.7. The summed E-state index contributed by atoms with van der Waals surface area (Å²) >= 11 is 0. The molecule has 6 heteroatoms. The van der Waals surface area contributed by atoms with Crippen molar-refractivity contribution in [1.82, 2.24) is 23.7 Å². The molecular weight excluding hydrogens is 747 g/mol. The molecule has 10 rings (SSSR count). The van der Waals surface area contributed by atoms with Gasteiger partial charge in [-0.05, 0) is 62.8 Å². The second kappa shape index (κ2) is 15.3. The number of hydrogen-bond donors (Lipinski definition) is 0. The van der Waals surface area contributed by atoms with E-state index in [1.165, 1.54) is 43.1 Å². The first-order chi connectivity index (χ1) is 29.4. The maximum absolute atomic E-state index is 5.90. The van der Waals surface area contributed by atoms with Gasteiger partial charge in [-0.2, -0.15) is 0 Å². The smallest absolute Gasteiger partial charge is 0.219 e. The minimum atomic E-state index is -3.14. The average molecular weight is 794 g/mol. The molecule has 0 amide bonds. The molecule has 292 valence electrons. The SMILES string of the molecule is CC(C)c1cccc(C(C)C)c1-n1cnc(-c2cccc([Si](c3ccccc3)(c3ccccc3)c3cn(-c4ccccc4)c(-n4c5ccccc5c5ccccc54)n3)c2)c1. The van der Waals surface area contributed by atoms with Gasteiger partial charge in [-0.1, -0.05) is 185 Å². The lowest BCUT2D eigenvalue weighted by Gasteiger charge is -2.32. The predicted molar refractivity (Wildman–Crippen MR) is 252 cm³/mol. The molecule has 0 aliphatic carbocycles. The van der Waals surface area contributed by atoms with E-state index in [4.69, 9.17) is 9.97 Å². The Morgan fingerprint density at radius 1 is 0.500 bits per heavy atom. The summed E-state index contributed by atoms with van der Waals surface area (Å²) in [5, 5.41) is 7.22. The Kier molecular flexibility index (Phi) is 9.50. The zero-order valence-electron chi connectivity index (χ0n) is 34.4. The quantitative estimate of drug-likeness (QED) is 0.102. The third-order valence-electron chi connectivity index (χ3n) is 12.1. The number of imidazole rings is 2. The number of benzene rings is 7. The lowest BCUT2D eigenvalue weighted by molar-refractivity contribution is 0.805. The summed E-state index contributed by atoms with van der Waals surface area (Å²) in [6.45, 7) is 9.08. The van der Waals surface area contributed by atoms with Crippen LogP contribution in [0.2, 0.25) is 0 Å². The molecular formula is C54H47N5Si. The van der Waals surface area contributed by atoms with Crippen LogP contribution in [-0.4, -0.2) is 31.7 Å². The summed E-state index contributed by atoms with van der Waals surface area (Å²) in [5.41, 5.74) is 9.20. The topological polar surface area (TPSA) is 40.6 Å². The van der Waals surface area contributed by atoms with Crippen molar-refractivity contribution in [3.8, 4) is 28.6 Å². The van der Waals surface area contributed by atoms with Crippen molar-refractivity contribution in [3.63, 3.8) is 0 Å². The van der Waals surface area contributed by atoms with Gasteiger partial charge in [0, 0.05) is 34.4 Å². The summed E-state index contributed by atoms with van der Waals surface area (Å²) in [5.74, 6) is 1.61. The van der Waals surface area contributed by atoms with Crippen LogP contribution in [0.3, 0.4) is 0 Å². The molecule has 0 aliphatic rings. The maximum Gasteiger partial charge on any atom is 0.219 e. The fraction of sp³-hybridized carbons (Fsp3) is 0.111. The van der Waals surface area contributed by atoms with Crippen molar-refractivity contribution in [3.05, 3.63) is 212 Å². The molecule has 0 radical (unpaired) electrons. The number of rotatable bonds is 10. The molecule has 60 heavy (non-hydrogen) atoms. The Labute approximate surface area is 352 Å². The van der Waals surface area contributed by atoms with E-state index < -0.39 is 8.07 Å². The van der Waals surface area contributed by atoms with Crippen LogP contribution in [0.1, 0.15) is 50.7 Å². The fourth-order valence-electron chi connectivity index (χ4n) is 9.26. The zero-order valence-corrected chi connectivity index (χ0v) is 35.4. The molecule has 0 atom stereocenters. The van der Waals surface area contributed by atoms with E-state index in [1.807, 2.05) is 6.33 Å². The van der Waals surface area contributed by atoms with Crippen LogP contribution in [0.25, 0.3) is 50.4 Å². The molecule has 0 aliphatic heterocycles. The van der Waals surface area contributed by atoms with Gasteiger partial charge in [0.25, 0.3) is 0 Å². The molecule has 0 unspecified atom stereocenters. The van der Waals surface area contributed by atoms with E-state index in [9.17, 15) is 0 Å². The lowest BCUT2D eigenvalue weighted by atomic mass is 9.92. The van der Waals surface area contributed by atoms with Gasteiger partial charge < -0.3 is 4.57 Å². The second-order valence-electron chi connectivity index (χ2n) is 16.3. The molecule has 3 aromatic heterocycles. The molecule has 0 saturated heterocycles. The predicted octanol–water partition coefficient (Wildman–Crippen LogP) is 10.4. The first-order valence-corrected chi connectivity index (χ1v) is 23.0. The van der Waals surface area contributed by atoms with Crippen LogP contribution >= 0.6 is 0 Å². The summed E-state index contributed by atoms with van der Waals surface area (Å²) in [6, 6.07) is 66.0. The number of para-hydroxylation sites is 4. The van der Waals surface area contributed by atoms with Crippen molar-refractivity contribution in [2.75, 3.05) is 0 Å². The van der Waals surface area contributed by atoms with Crippen molar-refractivity contribution in [2.24, 2.45) is 0 Å². The number of hydrogen-bond acceptors (Lipinski definition) is 2. The van der Waals surface area contributed by atoms with Gasteiger partial charge in [0.2, 0.25) is 14.0 Å². The minimum absolute atomic E-state index is 0.374. The van der Waals surface area contributed by atoms with E-state index in [2.05, 4.69) is 236 Å². The highest BCUT2D eigenvalue weighted by atomic mass is 28.3. The summed E-state index contributed by atoms with van der Waals surface area (Å²) < 4.78 is 6.89. The summed E-state index contributed by atoms with van der Waals surface area (Å²) in [7, 11) is -3.14. The van der Waals surface area contributed by atoms with Crippen LogP contribution in [0, 0.1) is 0 Å². The van der Waals surface area contributed by atoms with E-state index in [0.717, 1.165) is 39.2 Å². The summed E-state index contributed by atoms with van der Waals surface area (Å²) in [4.78, 5) is 11.0. The lowest BCUT2D eigenvalue weighted by Crippen LogP contribution is -2.75. The van der Waals surface area contributed by atoms with Gasteiger partial charge in [-0.15, -0.1) is 0 Å². The Hall–Kier alpha value is -7.02. The van der Waals surface area contributed by atoms with E-state index in [0.29, 0.717) is 11.8 Å². The number of nitrogens with zero attached hydrogens (tertiary/aromatic N) is 5. The standard InChI is InChI=1S/C54H47N5Si/c1-38(2)45-30-19-31-46(39(3)4)53(45)57-35-49(55-37-57)40-20-18-27-44(34-40)60(42-23-10-6-11-24-42,43-25-12-7-13-26-43)52-36-58(41-21-8-5-9-22-41)54(56-52)59-50-32-16-14-28-47(50)48-29-15-17-33-51(48)59/h5-39H,1-4H3. The highest BCUT2D eigenvalue weighted by Gasteiger charge is 2.45. The first-order valence-electron chi connectivity index (χ1n) is 21.0. The molecule has 0 N–H and O–H groups in total. The van der Waals surface area contributed by atoms with Gasteiger partial charge >= 0.3 is 0 Å². The van der Waals surface area contributed by atoms with E-state index in [1.54, 1.807) is 0 Å². The van der Waals surface area contributed by atoms with Crippen LogP contribution in [-0.2, 0) is 0 Å². The Bertz CT molecular complexity index is 2980. The monoisotopic (exact) mass is 793 g/mol. The average Bonchev–Trinajstić information content (AvgIpc) is 4.05. The van der Waals surface area contributed by atoms with Gasteiger partial charge in [0.15, 0.2) is 0 Å². The summed E-state index contributed by atoms with van der Waals surface area (Å²) in [6.07, 6.45) is 6.52. The van der Waals surface area contributed by atoms with E-state index >= 15 is 0 Å². The molecule has 5 nitrogen and oxygen atoms in total. The van der Waals surface area contributed by atoms with Gasteiger partial charge in [-0.25, -0.2) is 9.97 Å². The Morgan fingerprint density at radius 3 is 1.60 bits per heavy atom. The maximum atomic E-state index is 5.90. The molecule has 7 aromatic carbocycles. The molecule has 0 saturated carbocycles. The van der Waals surface area contributed by atoms with Crippen LogP contribution < -0.4 is 20.9 Å². The van der Waals surface area contributed by atoms with E-state index in [-0.39, 0.29) is 0 Å². The normalized spacial score (nSPS) is 12.0. The van der Waals surface area contributed by atoms with Crippen molar-refractivity contribution < 1.29 is 0 Å². The highest BCUT2D eigenvalue weighted by molar-refractivity contribution is 7.19. The minimum Gasteiger partial charge on any atom is -0.305 e. The van der Waals surface area contributed by atoms with Gasteiger partial charge in [0.1, 0.15) is 0 Å². The fourth-order valence-corrected chi connectivity index (χ4v) is 13.8. The van der Waals surface area contributed by atoms with Crippen LogP contribution in [0.4, 0.5) is 0 Å². The molecule has 0 spiro atoms. The van der Waals surface area contributed by atoms with Crippen LogP contribution in [0.15, 0.2) is 201 Å². The Morgan fingerprint density at radius 2 is 1.02 bits per heavy atom. The highest BCUT2D eigenvalue weighted by Crippen LogP contribution is 2.34. The molecule has 0 bridgehead atoms. The molecule has 10 aromatic rings. The number of fused-ring (bicyclic) bond motifs is 3. The molecule has 3 heterocycles. The largest absolute Gasteiger partial charge is 0.305 e. The van der Waals surface area contributed by atoms with Gasteiger partial charge in [0.05, 0.1) is 34.1 Å². The number of aromatic nitrogens is 5. The van der Waals surface area contributed by atoms with Crippen LogP contribution in [0.5, 0.6) is 0 Å². The van der Waals surface area contributed by atoms with Crippen molar-refractivity contribution in [1.29, 1.82) is 0 Å². The Balaban J connectivity index is 1.24. The van der Waals surface area contributed by atoms with Crippen molar-refractivity contribution in [2.45, 2.75) is 39.5 Å². The molecule has 0 fully saturated rings. The van der Waals surface area contributed by atoms with Crippen molar-refractivity contribution >= 4 is 50.8 Å². The third kappa shape index (κ3) is 6.14. The second-order valence-corrected chi connectivity index (χ2v) is 20.1. The zero-order chi connectivity index (χ0) is 40.8. The van der Waals surface area contributed by atoms with Gasteiger partial charge in [-0.3, -0.25) is 9.13 Å². The first kappa shape index (κ1) is 37.3.